The fourth-order valence-corrected chi connectivity index (χ4v) is 4.56. The molecule has 4 rings (SSSR count). The molecule has 0 spiro atoms. The maximum atomic E-state index is 13.0. The number of carbonyl (C=O) groups is 1. The highest BCUT2D eigenvalue weighted by Crippen LogP contribution is 2.42. The molecule has 2 aromatic rings. The smallest absolute Gasteiger partial charge is 0.228 e. The standard InChI is InChI=1S/C19H25N3O3/c1-13-4-3-8-21-14(12-20-18(13)21)10-17(24)22-9-7-19(25-2)6-5-15(23)11-16(19)22/h3-4,8,12,15-16,23H,5-7,9-11H2,1-2H3/t15-,16-,19+/m0/s1. The summed E-state index contributed by atoms with van der Waals surface area (Å²) in [6.45, 7) is 2.71. The fraction of sp³-hybridized carbons (Fsp3) is 0.579. The van der Waals surface area contributed by atoms with Crippen LogP contribution in [0, 0.1) is 6.92 Å². The zero-order valence-electron chi connectivity index (χ0n) is 14.8. The summed E-state index contributed by atoms with van der Waals surface area (Å²) < 4.78 is 7.82. The third kappa shape index (κ3) is 2.64. The van der Waals surface area contributed by atoms with Gasteiger partial charge in [-0.1, -0.05) is 6.07 Å². The average molecular weight is 343 g/mol. The molecule has 1 amide bonds. The number of amides is 1. The van der Waals surface area contributed by atoms with Gasteiger partial charge in [-0.05, 0) is 44.2 Å². The van der Waals surface area contributed by atoms with Crippen molar-refractivity contribution in [1.82, 2.24) is 14.3 Å². The van der Waals surface area contributed by atoms with Crippen molar-refractivity contribution in [2.75, 3.05) is 13.7 Å². The lowest BCUT2D eigenvalue weighted by atomic mass is 9.79. The van der Waals surface area contributed by atoms with Crippen LogP contribution < -0.4 is 0 Å². The van der Waals surface area contributed by atoms with Crippen molar-refractivity contribution in [3.63, 3.8) is 0 Å². The van der Waals surface area contributed by atoms with Gasteiger partial charge in [0.15, 0.2) is 0 Å². The molecule has 3 heterocycles. The van der Waals surface area contributed by atoms with Gasteiger partial charge in [0.1, 0.15) is 5.65 Å². The number of carbonyl (C=O) groups excluding carboxylic acids is 1. The molecule has 3 atom stereocenters. The van der Waals surface area contributed by atoms with E-state index in [2.05, 4.69) is 4.98 Å². The Morgan fingerprint density at radius 2 is 2.32 bits per heavy atom. The minimum absolute atomic E-state index is 0.0327. The van der Waals surface area contributed by atoms with Gasteiger partial charge in [-0.2, -0.15) is 0 Å². The second kappa shape index (κ2) is 6.11. The number of aliphatic hydroxyl groups is 1. The molecule has 1 saturated carbocycles. The third-order valence-corrected chi connectivity index (χ3v) is 6.02. The summed E-state index contributed by atoms with van der Waals surface area (Å²) in [4.78, 5) is 19.4. The van der Waals surface area contributed by atoms with E-state index in [9.17, 15) is 9.90 Å². The number of nitrogens with zero attached hydrogens (tertiary/aromatic N) is 3. The van der Waals surface area contributed by atoms with E-state index in [1.165, 1.54) is 0 Å². The van der Waals surface area contributed by atoms with Gasteiger partial charge in [0, 0.05) is 26.0 Å². The van der Waals surface area contributed by atoms with Gasteiger partial charge in [-0.3, -0.25) is 4.79 Å². The van der Waals surface area contributed by atoms with Crippen LogP contribution in [0.3, 0.4) is 0 Å². The van der Waals surface area contributed by atoms with Crippen molar-refractivity contribution in [1.29, 1.82) is 0 Å². The monoisotopic (exact) mass is 343 g/mol. The number of hydrogen-bond acceptors (Lipinski definition) is 4. The predicted molar refractivity (Wildman–Crippen MR) is 93.3 cm³/mol. The average Bonchev–Trinajstić information content (AvgIpc) is 3.18. The molecule has 6 nitrogen and oxygen atoms in total. The van der Waals surface area contributed by atoms with Gasteiger partial charge < -0.3 is 19.1 Å². The number of likely N-dealkylation sites (tertiary alicyclic amines) is 1. The zero-order chi connectivity index (χ0) is 17.6. The Kier molecular flexibility index (Phi) is 4.04. The number of rotatable bonds is 3. The number of imidazole rings is 1. The Hall–Kier alpha value is -1.92. The normalized spacial score (nSPS) is 29.2. The molecule has 1 aliphatic carbocycles. The van der Waals surface area contributed by atoms with E-state index in [1.54, 1.807) is 13.3 Å². The quantitative estimate of drug-likeness (QED) is 0.921. The van der Waals surface area contributed by atoms with Crippen LogP contribution >= 0.6 is 0 Å². The maximum Gasteiger partial charge on any atom is 0.228 e. The van der Waals surface area contributed by atoms with Gasteiger partial charge in [0.2, 0.25) is 5.91 Å². The summed E-state index contributed by atoms with van der Waals surface area (Å²) in [6.07, 6.45) is 6.72. The molecule has 25 heavy (non-hydrogen) atoms. The topological polar surface area (TPSA) is 67.1 Å². The number of pyridine rings is 1. The summed E-state index contributed by atoms with van der Waals surface area (Å²) >= 11 is 0. The number of methoxy groups -OCH3 is 1. The van der Waals surface area contributed by atoms with Gasteiger partial charge in [-0.25, -0.2) is 4.98 Å². The molecule has 1 N–H and O–H groups in total. The van der Waals surface area contributed by atoms with Crippen molar-refractivity contribution >= 4 is 11.6 Å². The van der Waals surface area contributed by atoms with Crippen molar-refractivity contribution in [2.45, 2.75) is 56.8 Å². The maximum absolute atomic E-state index is 13.0. The largest absolute Gasteiger partial charge is 0.393 e. The Morgan fingerprint density at radius 3 is 3.12 bits per heavy atom. The molecule has 0 radical (unpaired) electrons. The predicted octanol–water partition coefficient (Wildman–Crippen LogP) is 1.72. The Labute approximate surface area is 147 Å². The molecule has 2 fully saturated rings. The Balaban J connectivity index is 1.57. The van der Waals surface area contributed by atoms with E-state index in [4.69, 9.17) is 4.74 Å². The van der Waals surface area contributed by atoms with Crippen LogP contribution in [0.25, 0.3) is 5.65 Å². The number of fused-ring (bicyclic) bond motifs is 2. The van der Waals surface area contributed by atoms with Crippen LogP contribution in [0.1, 0.15) is 36.9 Å². The molecular formula is C19H25N3O3. The molecule has 0 bridgehead atoms. The molecular weight excluding hydrogens is 318 g/mol. The van der Waals surface area contributed by atoms with Crippen LogP contribution in [0.5, 0.6) is 0 Å². The first kappa shape index (κ1) is 16.5. The highest BCUT2D eigenvalue weighted by atomic mass is 16.5. The summed E-state index contributed by atoms with van der Waals surface area (Å²) in [7, 11) is 1.73. The van der Waals surface area contributed by atoms with Crippen LogP contribution in [-0.4, -0.2) is 56.7 Å². The molecule has 134 valence electrons. The molecule has 1 aliphatic heterocycles. The SMILES string of the molecule is CO[C@@]12CC[C@H](O)C[C@@H]1N(C(=O)Cc1cnc3c(C)cccn13)CC2. The van der Waals surface area contributed by atoms with Gasteiger partial charge in [-0.15, -0.1) is 0 Å². The van der Waals surface area contributed by atoms with E-state index in [0.29, 0.717) is 19.4 Å². The van der Waals surface area contributed by atoms with E-state index >= 15 is 0 Å². The van der Waals surface area contributed by atoms with E-state index < -0.39 is 0 Å². The summed E-state index contributed by atoms with van der Waals surface area (Å²) in [5.41, 5.74) is 2.60. The van der Waals surface area contributed by atoms with Crippen molar-refractivity contribution in [3.8, 4) is 0 Å². The first-order valence-electron chi connectivity index (χ1n) is 8.98. The number of aryl methyl sites for hydroxylation is 1. The summed E-state index contributed by atoms with van der Waals surface area (Å²) in [6, 6.07) is 3.96. The Bertz CT molecular complexity index is 802. The molecule has 0 aromatic carbocycles. The molecule has 2 aliphatic rings. The van der Waals surface area contributed by atoms with Crippen LogP contribution in [0.15, 0.2) is 24.5 Å². The zero-order valence-corrected chi connectivity index (χ0v) is 14.8. The lowest BCUT2D eigenvalue weighted by Crippen LogP contribution is -2.53. The van der Waals surface area contributed by atoms with Crippen molar-refractivity contribution in [3.05, 3.63) is 35.8 Å². The second-order valence-electron chi connectivity index (χ2n) is 7.36. The highest BCUT2D eigenvalue weighted by Gasteiger charge is 2.52. The molecule has 2 aromatic heterocycles. The van der Waals surface area contributed by atoms with Crippen LogP contribution in [-0.2, 0) is 16.0 Å². The minimum Gasteiger partial charge on any atom is -0.393 e. The van der Waals surface area contributed by atoms with E-state index in [1.807, 2.05) is 34.6 Å². The lowest BCUT2D eigenvalue weighted by Gasteiger charge is -2.42. The number of ether oxygens (including phenoxy) is 1. The first-order chi connectivity index (χ1) is 12.0. The lowest BCUT2D eigenvalue weighted by molar-refractivity contribution is -0.139. The van der Waals surface area contributed by atoms with Gasteiger partial charge >= 0.3 is 0 Å². The van der Waals surface area contributed by atoms with Crippen molar-refractivity contribution in [2.24, 2.45) is 0 Å². The Morgan fingerprint density at radius 1 is 1.48 bits per heavy atom. The van der Waals surface area contributed by atoms with Crippen LogP contribution in [0.4, 0.5) is 0 Å². The first-order valence-corrected chi connectivity index (χ1v) is 8.98. The second-order valence-corrected chi connectivity index (χ2v) is 7.36. The summed E-state index contributed by atoms with van der Waals surface area (Å²) in [5, 5.41) is 10.1. The van der Waals surface area contributed by atoms with E-state index in [-0.39, 0.29) is 23.7 Å². The van der Waals surface area contributed by atoms with E-state index in [0.717, 1.165) is 36.2 Å². The summed E-state index contributed by atoms with van der Waals surface area (Å²) in [5.74, 6) is 0.0846. The fourth-order valence-electron chi connectivity index (χ4n) is 4.56. The molecule has 0 unspecified atom stereocenters. The van der Waals surface area contributed by atoms with Gasteiger partial charge in [0.05, 0.1) is 29.9 Å². The number of aliphatic hydroxyl groups excluding tert-OH is 1. The number of aromatic nitrogens is 2. The van der Waals surface area contributed by atoms with Crippen LogP contribution in [0.2, 0.25) is 0 Å². The number of hydrogen-bond donors (Lipinski definition) is 1. The van der Waals surface area contributed by atoms with Crippen molar-refractivity contribution < 1.29 is 14.6 Å². The highest BCUT2D eigenvalue weighted by molar-refractivity contribution is 5.79. The van der Waals surface area contributed by atoms with Gasteiger partial charge in [0.25, 0.3) is 0 Å². The minimum atomic E-state index is -0.347. The molecule has 1 saturated heterocycles. The molecule has 6 heteroatoms. The third-order valence-electron chi connectivity index (χ3n) is 6.02.